The van der Waals surface area contributed by atoms with Crippen molar-refractivity contribution in [3.8, 4) is 0 Å². The highest BCUT2D eigenvalue weighted by atomic mass is 79.9. The monoisotopic (exact) mass is 204 g/mol. The van der Waals surface area contributed by atoms with Gasteiger partial charge in [-0.3, -0.25) is 0 Å². The average Bonchev–Trinajstić information content (AvgIpc) is 2.06. The number of hydrogen-bond donors (Lipinski definition) is 0. The Morgan fingerprint density at radius 3 is 2.10 bits per heavy atom. The van der Waals surface area contributed by atoms with Gasteiger partial charge in [-0.05, 0) is 24.7 Å². The first-order valence-electron chi connectivity index (χ1n) is 4.39. The van der Waals surface area contributed by atoms with Gasteiger partial charge in [-0.2, -0.15) is 0 Å². The first-order chi connectivity index (χ1) is 4.83. The predicted molar refractivity (Wildman–Crippen MR) is 49.6 cm³/mol. The van der Waals surface area contributed by atoms with Crippen LogP contribution in [0.2, 0.25) is 0 Å². The van der Waals surface area contributed by atoms with Crippen molar-refractivity contribution in [2.45, 2.75) is 45.4 Å². The number of alkyl halides is 1. The molecule has 0 radical (unpaired) electrons. The van der Waals surface area contributed by atoms with Crippen LogP contribution < -0.4 is 0 Å². The van der Waals surface area contributed by atoms with Gasteiger partial charge in [-0.25, -0.2) is 0 Å². The minimum absolute atomic E-state index is 0.679. The summed E-state index contributed by atoms with van der Waals surface area (Å²) < 4.78 is 0. The normalized spacial score (nSPS) is 24.6. The molecule has 1 saturated carbocycles. The summed E-state index contributed by atoms with van der Waals surface area (Å²) in [6.45, 7) is 2.33. The minimum Gasteiger partial charge on any atom is -0.0922 e. The van der Waals surface area contributed by atoms with E-state index >= 15 is 0 Å². The molecular formula is C9H17Br. The highest BCUT2D eigenvalue weighted by Crippen LogP contribution is 2.40. The van der Waals surface area contributed by atoms with Crippen LogP contribution in [0.4, 0.5) is 0 Å². The molecule has 0 spiro atoms. The van der Waals surface area contributed by atoms with Crippen LogP contribution >= 0.6 is 15.9 Å². The second-order valence-electron chi connectivity index (χ2n) is 3.55. The number of hydrogen-bond acceptors (Lipinski definition) is 0. The molecular weight excluding hydrogens is 188 g/mol. The maximum Gasteiger partial charge on any atom is 0.00878 e. The summed E-state index contributed by atoms with van der Waals surface area (Å²) in [5.74, 6) is 0. The standard InChI is InChI=1S/C9H17Br/c1-2-9(8-10)6-4-3-5-7-9/h2-8H2,1H3. The molecule has 1 fully saturated rings. The van der Waals surface area contributed by atoms with E-state index in [-0.39, 0.29) is 0 Å². The van der Waals surface area contributed by atoms with E-state index in [4.69, 9.17) is 0 Å². The third kappa shape index (κ3) is 1.75. The lowest BCUT2D eigenvalue weighted by Gasteiger charge is -2.34. The fourth-order valence-corrected chi connectivity index (χ4v) is 2.84. The van der Waals surface area contributed by atoms with Gasteiger partial charge in [0, 0.05) is 5.33 Å². The van der Waals surface area contributed by atoms with Gasteiger partial charge in [0.05, 0.1) is 0 Å². The van der Waals surface area contributed by atoms with Crippen LogP contribution in [0, 0.1) is 5.41 Å². The van der Waals surface area contributed by atoms with Gasteiger partial charge < -0.3 is 0 Å². The maximum atomic E-state index is 3.63. The molecule has 1 aliphatic carbocycles. The first kappa shape index (κ1) is 8.58. The second-order valence-corrected chi connectivity index (χ2v) is 4.11. The molecule has 10 heavy (non-hydrogen) atoms. The van der Waals surface area contributed by atoms with E-state index in [0.29, 0.717) is 5.41 Å². The van der Waals surface area contributed by atoms with Gasteiger partial charge in [-0.15, -0.1) is 0 Å². The Hall–Kier alpha value is 0.480. The Balaban J connectivity index is 2.44. The van der Waals surface area contributed by atoms with E-state index in [0.717, 1.165) is 0 Å². The zero-order valence-corrected chi connectivity index (χ0v) is 8.41. The second kappa shape index (κ2) is 3.75. The van der Waals surface area contributed by atoms with Crippen molar-refractivity contribution >= 4 is 15.9 Å². The van der Waals surface area contributed by atoms with E-state index in [2.05, 4.69) is 22.9 Å². The fourth-order valence-electron chi connectivity index (χ4n) is 1.88. The van der Waals surface area contributed by atoms with Gasteiger partial charge in [0.15, 0.2) is 0 Å². The van der Waals surface area contributed by atoms with Gasteiger partial charge >= 0.3 is 0 Å². The average molecular weight is 205 g/mol. The zero-order chi connectivity index (χ0) is 7.45. The Bertz CT molecular complexity index is 86.9. The molecule has 1 rings (SSSR count). The Morgan fingerprint density at radius 1 is 1.20 bits per heavy atom. The highest BCUT2D eigenvalue weighted by molar-refractivity contribution is 9.09. The quantitative estimate of drug-likeness (QED) is 0.602. The van der Waals surface area contributed by atoms with Gasteiger partial charge in [0.25, 0.3) is 0 Å². The number of rotatable bonds is 2. The van der Waals surface area contributed by atoms with Crippen molar-refractivity contribution in [3.63, 3.8) is 0 Å². The molecule has 0 aromatic carbocycles. The van der Waals surface area contributed by atoms with Crippen LogP contribution in [0.15, 0.2) is 0 Å². The molecule has 0 atom stereocenters. The molecule has 0 aromatic rings. The first-order valence-corrected chi connectivity index (χ1v) is 5.51. The zero-order valence-electron chi connectivity index (χ0n) is 6.83. The molecule has 0 saturated heterocycles. The van der Waals surface area contributed by atoms with Gasteiger partial charge in [0.1, 0.15) is 0 Å². The molecule has 0 N–H and O–H groups in total. The topological polar surface area (TPSA) is 0 Å². The molecule has 60 valence electrons. The summed E-state index contributed by atoms with van der Waals surface area (Å²) in [6.07, 6.45) is 8.65. The van der Waals surface area contributed by atoms with E-state index < -0.39 is 0 Å². The van der Waals surface area contributed by atoms with Crippen molar-refractivity contribution in [1.29, 1.82) is 0 Å². The van der Waals surface area contributed by atoms with Crippen molar-refractivity contribution < 1.29 is 0 Å². The third-order valence-electron chi connectivity index (χ3n) is 2.95. The van der Waals surface area contributed by atoms with Crippen molar-refractivity contribution in [1.82, 2.24) is 0 Å². The summed E-state index contributed by atoms with van der Waals surface area (Å²) >= 11 is 3.63. The largest absolute Gasteiger partial charge is 0.0922 e. The van der Waals surface area contributed by atoms with E-state index in [1.165, 1.54) is 43.9 Å². The summed E-state index contributed by atoms with van der Waals surface area (Å²) in [5.41, 5.74) is 0.679. The maximum absolute atomic E-state index is 3.63. The van der Waals surface area contributed by atoms with Gasteiger partial charge in [0.2, 0.25) is 0 Å². The lowest BCUT2D eigenvalue weighted by molar-refractivity contribution is 0.216. The van der Waals surface area contributed by atoms with Crippen molar-refractivity contribution in [2.24, 2.45) is 5.41 Å². The van der Waals surface area contributed by atoms with E-state index in [9.17, 15) is 0 Å². The van der Waals surface area contributed by atoms with Crippen LogP contribution in [0.1, 0.15) is 45.4 Å². The van der Waals surface area contributed by atoms with Crippen LogP contribution in [-0.4, -0.2) is 5.33 Å². The van der Waals surface area contributed by atoms with Crippen LogP contribution in [0.25, 0.3) is 0 Å². The Morgan fingerprint density at radius 2 is 1.80 bits per heavy atom. The molecule has 1 heteroatoms. The predicted octanol–water partition coefficient (Wildman–Crippen LogP) is 3.74. The summed E-state index contributed by atoms with van der Waals surface area (Å²) in [6, 6.07) is 0. The Labute approximate surface area is 72.5 Å². The van der Waals surface area contributed by atoms with E-state index in [1.807, 2.05) is 0 Å². The highest BCUT2D eigenvalue weighted by Gasteiger charge is 2.28. The molecule has 0 aliphatic heterocycles. The van der Waals surface area contributed by atoms with Crippen molar-refractivity contribution in [2.75, 3.05) is 5.33 Å². The summed E-state index contributed by atoms with van der Waals surface area (Å²) in [4.78, 5) is 0. The molecule has 0 bridgehead atoms. The van der Waals surface area contributed by atoms with Crippen molar-refractivity contribution in [3.05, 3.63) is 0 Å². The smallest absolute Gasteiger partial charge is 0.00878 e. The SMILES string of the molecule is CCC1(CBr)CCCCC1. The molecule has 0 nitrogen and oxygen atoms in total. The molecule has 1 aliphatic rings. The van der Waals surface area contributed by atoms with Crippen LogP contribution in [-0.2, 0) is 0 Å². The van der Waals surface area contributed by atoms with Crippen LogP contribution in [0.5, 0.6) is 0 Å². The summed E-state index contributed by atoms with van der Waals surface area (Å²) in [7, 11) is 0. The molecule has 0 aromatic heterocycles. The molecule has 0 unspecified atom stereocenters. The lowest BCUT2D eigenvalue weighted by atomic mass is 9.74. The lowest BCUT2D eigenvalue weighted by Crippen LogP contribution is -2.24. The summed E-state index contributed by atoms with van der Waals surface area (Å²) in [5, 5.41) is 1.22. The van der Waals surface area contributed by atoms with E-state index in [1.54, 1.807) is 0 Å². The van der Waals surface area contributed by atoms with Crippen LogP contribution in [0.3, 0.4) is 0 Å². The Kier molecular flexibility index (Phi) is 3.22. The minimum atomic E-state index is 0.679. The molecule has 0 heterocycles. The third-order valence-corrected chi connectivity index (χ3v) is 4.14. The molecule has 0 amide bonds. The van der Waals surface area contributed by atoms with Gasteiger partial charge in [-0.1, -0.05) is 42.1 Å². The fraction of sp³-hybridized carbons (Fsp3) is 1.00. The number of halogens is 1.